The average molecular weight is 506 g/mol. The third kappa shape index (κ3) is 7.49. The van der Waals surface area contributed by atoms with Gasteiger partial charge in [-0.15, -0.1) is 0 Å². The normalized spacial score (nSPS) is 19.1. The summed E-state index contributed by atoms with van der Waals surface area (Å²) in [5.41, 5.74) is 3.57. The number of methoxy groups -OCH3 is 1. The third-order valence-corrected chi connectivity index (χ3v) is 7.89. The second kappa shape index (κ2) is 13.1. The van der Waals surface area contributed by atoms with Crippen LogP contribution in [-0.2, 0) is 24.1 Å². The zero-order valence-electron chi connectivity index (χ0n) is 21.5. The molecule has 190 valence electrons. The molecule has 0 saturated carbocycles. The van der Waals surface area contributed by atoms with E-state index in [1.165, 1.54) is 11.1 Å². The first-order chi connectivity index (χ1) is 17.5. The Labute approximate surface area is 217 Å². The molecule has 5 heteroatoms. The lowest BCUT2D eigenvalue weighted by atomic mass is 9.89. The Morgan fingerprint density at radius 1 is 0.889 bits per heavy atom. The van der Waals surface area contributed by atoms with E-state index in [1.807, 2.05) is 20.2 Å². The van der Waals surface area contributed by atoms with Crippen molar-refractivity contribution in [1.29, 1.82) is 0 Å². The van der Waals surface area contributed by atoms with Gasteiger partial charge in [-0.05, 0) is 91.8 Å². The number of nitrogens with zero attached hydrogens (tertiary/aromatic N) is 1. The zero-order valence-corrected chi connectivity index (χ0v) is 22.5. The van der Waals surface area contributed by atoms with Crippen LogP contribution in [0.25, 0.3) is 0 Å². The summed E-state index contributed by atoms with van der Waals surface area (Å²) < 4.78 is 25.7. The van der Waals surface area contributed by atoms with Gasteiger partial charge in [-0.2, -0.15) is 0 Å². The Morgan fingerprint density at radius 2 is 1.61 bits per heavy atom. The second-order valence-electron chi connectivity index (χ2n) is 9.87. The van der Waals surface area contributed by atoms with Gasteiger partial charge in [-0.1, -0.05) is 69.3 Å². The molecule has 0 aliphatic heterocycles. The first-order valence-corrected chi connectivity index (χ1v) is 13.7. The lowest BCUT2D eigenvalue weighted by Crippen LogP contribution is -2.20. The van der Waals surface area contributed by atoms with Gasteiger partial charge in [0.2, 0.25) is 0 Å². The van der Waals surface area contributed by atoms with Gasteiger partial charge in [0.25, 0.3) is 0 Å². The van der Waals surface area contributed by atoms with Crippen molar-refractivity contribution in [1.82, 2.24) is 4.90 Å². The van der Waals surface area contributed by atoms with Crippen molar-refractivity contribution in [3.05, 3.63) is 101 Å². The molecule has 0 spiro atoms. The predicted molar refractivity (Wildman–Crippen MR) is 151 cm³/mol. The number of halogens is 1. The topological polar surface area (TPSA) is 21.7 Å². The highest BCUT2D eigenvalue weighted by atomic mass is 31.1. The molecule has 2 aliphatic carbocycles. The van der Waals surface area contributed by atoms with Crippen LogP contribution in [0.2, 0.25) is 0 Å². The van der Waals surface area contributed by atoms with Crippen molar-refractivity contribution in [2.75, 3.05) is 28.0 Å². The van der Waals surface area contributed by atoms with E-state index < -0.39 is 0 Å². The SMILES string of the molecule is COCOc1c(CC2C=CC=CC2)cc(CC2C=CC=CC2)cc1Pc1ccc(F)cc1CN(C)C. The first-order valence-electron chi connectivity index (χ1n) is 12.7. The maximum atomic E-state index is 14.2. The van der Waals surface area contributed by atoms with Crippen LogP contribution in [0.3, 0.4) is 0 Å². The van der Waals surface area contributed by atoms with E-state index in [-0.39, 0.29) is 12.6 Å². The largest absolute Gasteiger partial charge is 0.467 e. The molecular weight excluding hydrogens is 468 g/mol. The fraction of sp³-hybridized carbons (Fsp3) is 0.355. The monoisotopic (exact) mass is 505 g/mol. The molecule has 0 N–H and O–H groups in total. The van der Waals surface area contributed by atoms with Crippen molar-refractivity contribution in [2.45, 2.75) is 32.2 Å². The maximum absolute atomic E-state index is 14.2. The maximum Gasteiger partial charge on any atom is 0.188 e. The summed E-state index contributed by atoms with van der Waals surface area (Å²) in [5.74, 6) is 1.66. The van der Waals surface area contributed by atoms with Crippen LogP contribution in [0, 0.1) is 17.7 Å². The van der Waals surface area contributed by atoms with Crippen molar-refractivity contribution in [3.8, 4) is 5.75 Å². The van der Waals surface area contributed by atoms with Gasteiger partial charge < -0.3 is 14.4 Å². The molecule has 3 atom stereocenters. The van der Waals surface area contributed by atoms with Gasteiger partial charge >= 0.3 is 0 Å². The molecule has 0 heterocycles. The van der Waals surface area contributed by atoms with Crippen molar-refractivity contribution in [2.24, 2.45) is 11.8 Å². The molecule has 0 bridgehead atoms. The fourth-order valence-electron chi connectivity index (χ4n) is 4.86. The van der Waals surface area contributed by atoms with E-state index >= 15 is 0 Å². The lowest BCUT2D eigenvalue weighted by Gasteiger charge is -2.23. The summed E-state index contributed by atoms with van der Waals surface area (Å²) in [4.78, 5) is 2.08. The molecule has 0 amide bonds. The van der Waals surface area contributed by atoms with E-state index in [9.17, 15) is 4.39 Å². The Kier molecular flexibility index (Phi) is 9.69. The highest BCUT2D eigenvalue weighted by molar-refractivity contribution is 7.55. The Balaban J connectivity index is 1.74. The van der Waals surface area contributed by atoms with Crippen molar-refractivity contribution < 1.29 is 13.9 Å². The predicted octanol–water partition coefficient (Wildman–Crippen LogP) is 5.85. The standard InChI is InChI=1S/C31H37FNO2P/c1-33(2)21-27-20-28(32)14-15-29(27)36-30-19-25(16-23-10-6-4-7-11-23)18-26(31(30)35-22-34-3)17-24-12-8-5-9-13-24/h4-10,12,14-15,18-20,23-24,36H,11,13,16-17,21-22H2,1-3H3. The van der Waals surface area contributed by atoms with Crippen LogP contribution in [0.4, 0.5) is 4.39 Å². The van der Waals surface area contributed by atoms with Crippen molar-refractivity contribution in [3.63, 3.8) is 0 Å². The number of hydrogen-bond donors (Lipinski definition) is 0. The highest BCUT2D eigenvalue weighted by Crippen LogP contribution is 2.32. The molecule has 36 heavy (non-hydrogen) atoms. The van der Waals surface area contributed by atoms with E-state index in [2.05, 4.69) is 65.6 Å². The summed E-state index contributed by atoms with van der Waals surface area (Å²) in [6.45, 7) is 0.897. The minimum absolute atomic E-state index is 0.194. The smallest absolute Gasteiger partial charge is 0.188 e. The van der Waals surface area contributed by atoms with E-state index in [0.717, 1.165) is 47.6 Å². The van der Waals surface area contributed by atoms with E-state index in [4.69, 9.17) is 9.47 Å². The number of allylic oxidation sites excluding steroid dienone is 8. The molecule has 2 aromatic rings. The summed E-state index contributed by atoms with van der Waals surface area (Å²) in [7, 11) is 6.05. The molecule has 2 aliphatic rings. The molecule has 4 rings (SSSR count). The Morgan fingerprint density at radius 3 is 2.25 bits per heavy atom. The number of benzene rings is 2. The van der Waals surface area contributed by atoms with Crippen LogP contribution in [0.1, 0.15) is 29.5 Å². The van der Waals surface area contributed by atoms with E-state index in [0.29, 0.717) is 27.0 Å². The summed E-state index contributed by atoms with van der Waals surface area (Å²) in [5, 5.41) is 2.31. The van der Waals surface area contributed by atoms with Crippen LogP contribution >= 0.6 is 8.58 Å². The van der Waals surface area contributed by atoms with Gasteiger partial charge in [0, 0.05) is 19.0 Å². The Bertz CT molecular complexity index is 1150. The van der Waals surface area contributed by atoms with Crippen molar-refractivity contribution >= 4 is 19.2 Å². The number of ether oxygens (including phenoxy) is 2. The minimum atomic E-state index is -0.194. The minimum Gasteiger partial charge on any atom is -0.467 e. The van der Waals surface area contributed by atoms with Crippen LogP contribution in [-0.4, -0.2) is 32.9 Å². The molecular formula is C31H37FNO2P. The quantitative estimate of drug-likeness (QED) is 0.283. The number of rotatable bonds is 11. The molecule has 0 fully saturated rings. The zero-order chi connectivity index (χ0) is 25.3. The fourth-order valence-corrected chi connectivity index (χ4v) is 6.23. The highest BCUT2D eigenvalue weighted by Gasteiger charge is 2.19. The molecule has 0 aromatic heterocycles. The van der Waals surface area contributed by atoms with Crippen LogP contribution < -0.4 is 15.3 Å². The van der Waals surface area contributed by atoms with Gasteiger partial charge in [-0.25, -0.2) is 4.39 Å². The molecule has 3 unspecified atom stereocenters. The third-order valence-electron chi connectivity index (χ3n) is 6.49. The van der Waals surface area contributed by atoms with Crippen LogP contribution in [0.5, 0.6) is 5.75 Å². The van der Waals surface area contributed by atoms with Gasteiger partial charge in [0.15, 0.2) is 6.79 Å². The second-order valence-corrected chi connectivity index (χ2v) is 11.2. The molecule has 3 nitrogen and oxygen atoms in total. The molecule has 0 radical (unpaired) electrons. The summed E-state index contributed by atoms with van der Waals surface area (Å²) in [6, 6.07) is 9.81. The van der Waals surface area contributed by atoms with Gasteiger partial charge in [-0.3, -0.25) is 0 Å². The van der Waals surface area contributed by atoms with Crippen LogP contribution in [0.15, 0.2) is 78.9 Å². The van der Waals surface area contributed by atoms with Gasteiger partial charge in [0.1, 0.15) is 11.6 Å². The number of hydrogen-bond acceptors (Lipinski definition) is 3. The average Bonchev–Trinajstić information content (AvgIpc) is 2.86. The van der Waals surface area contributed by atoms with E-state index in [1.54, 1.807) is 19.2 Å². The van der Waals surface area contributed by atoms with Gasteiger partial charge in [0.05, 0.1) is 0 Å². The first kappa shape index (κ1) is 26.5. The molecule has 2 aromatic carbocycles. The summed E-state index contributed by atoms with van der Waals surface area (Å²) >= 11 is 0. The summed E-state index contributed by atoms with van der Waals surface area (Å²) in [6.07, 6.45) is 21.6. The Hall–Kier alpha value is -2.52. The lowest BCUT2D eigenvalue weighted by molar-refractivity contribution is 0.0511. The molecule has 0 saturated heterocycles.